The van der Waals surface area contributed by atoms with Crippen molar-refractivity contribution in [3.63, 3.8) is 0 Å². The molecule has 0 aliphatic carbocycles. The van der Waals surface area contributed by atoms with Gasteiger partial charge < -0.3 is 13.8 Å². The van der Waals surface area contributed by atoms with Gasteiger partial charge in [0.15, 0.2) is 0 Å². The van der Waals surface area contributed by atoms with Gasteiger partial charge in [-0.2, -0.15) is 18.2 Å². The zero-order chi connectivity index (χ0) is 20.6. The molecule has 0 atom stereocenters. The first kappa shape index (κ1) is 18.7. The number of hydrogen-bond acceptors (Lipinski definition) is 5. The number of aromatic nitrogens is 3. The number of esters is 1. The second-order valence-electron chi connectivity index (χ2n) is 6.29. The SMILES string of the molecule is COC(=O)c1cccc2c1ccn2Cc1ccc(-c2noc(C(F)(F)F)n2)cc1. The monoisotopic (exact) mass is 401 g/mol. The largest absolute Gasteiger partial charge is 0.471 e. The molecule has 6 nitrogen and oxygen atoms in total. The van der Waals surface area contributed by atoms with Gasteiger partial charge in [0.2, 0.25) is 5.82 Å². The molecular weight excluding hydrogens is 387 g/mol. The van der Waals surface area contributed by atoms with Crippen molar-refractivity contribution >= 4 is 16.9 Å². The summed E-state index contributed by atoms with van der Waals surface area (Å²) in [5.74, 6) is -1.91. The van der Waals surface area contributed by atoms with E-state index in [1.165, 1.54) is 7.11 Å². The highest BCUT2D eigenvalue weighted by Gasteiger charge is 2.38. The Labute approximate surface area is 162 Å². The summed E-state index contributed by atoms with van der Waals surface area (Å²) in [4.78, 5) is 15.3. The number of carbonyl (C=O) groups excluding carboxylic acids is 1. The van der Waals surface area contributed by atoms with Crippen LogP contribution in [-0.4, -0.2) is 27.8 Å². The summed E-state index contributed by atoms with van der Waals surface area (Å²) in [5.41, 5.74) is 2.68. The van der Waals surface area contributed by atoms with E-state index < -0.39 is 18.0 Å². The molecule has 0 fully saturated rings. The molecule has 0 bridgehead atoms. The molecule has 2 aromatic heterocycles. The summed E-state index contributed by atoms with van der Waals surface area (Å²) < 4.78 is 48.8. The molecule has 0 aliphatic rings. The Bertz CT molecular complexity index is 1180. The number of methoxy groups -OCH3 is 1. The number of nitrogens with zero attached hydrogens (tertiary/aromatic N) is 3. The molecule has 9 heteroatoms. The van der Waals surface area contributed by atoms with Crippen LogP contribution in [0.15, 0.2) is 59.3 Å². The average Bonchev–Trinajstić information content (AvgIpc) is 3.36. The Kier molecular flexibility index (Phi) is 4.57. The molecule has 0 amide bonds. The van der Waals surface area contributed by atoms with E-state index >= 15 is 0 Å². The predicted octanol–water partition coefficient (Wildman–Crippen LogP) is 4.55. The van der Waals surface area contributed by atoms with Gasteiger partial charge in [-0.1, -0.05) is 35.5 Å². The van der Waals surface area contributed by atoms with Crippen molar-refractivity contribution in [2.75, 3.05) is 7.11 Å². The van der Waals surface area contributed by atoms with Crippen molar-refractivity contribution in [3.8, 4) is 11.4 Å². The number of fused-ring (bicyclic) bond motifs is 1. The van der Waals surface area contributed by atoms with E-state index in [0.29, 0.717) is 17.7 Å². The molecule has 4 rings (SSSR count). The van der Waals surface area contributed by atoms with E-state index in [2.05, 4.69) is 14.7 Å². The molecule has 2 aromatic carbocycles. The summed E-state index contributed by atoms with van der Waals surface area (Å²) in [6.45, 7) is 0.508. The maximum Gasteiger partial charge on any atom is 0.471 e. The minimum absolute atomic E-state index is 0.127. The highest BCUT2D eigenvalue weighted by Crippen LogP contribution is 2.29. The smallest absolute Gasteiger partial charge is 0.465 e. The highest BCUT2D eigenvalue weighted by atomic mass is 19.4. The minimum atomic E-state index is -4.68. The van der Waals surface area contributed by atoms with E-state index in [0.717, 1.165) is 16.5 Å². The van der Waals surface area contributed by atoms with Crippen molar-refractivity contribution in [3.05, 3.63) is 71.7 Å². The molecule has 0 saturated carbocycles. The van der Waals surface area contributed by atoms with Crippen molar-refractivity contribution in [1.29, 1.82) is 0 Å². The molecule has 29 heavy (non-hydrogen) atoms. The first-order valence-corrected chi connectivity index (χ1v) is 8.53. The van der Waals surface area contributed by atoms with Crippen LogP contribution in [0.5, 0.6) is 0 Å². The van der Waals surface area contributed by atoms with Crippen LogP contribution in [0.25, 0.3) is 22.3 Å². The normalized spacial score (nSPS) is 11.7. The fraction of sp³-hybridized carbons (Fsp3) is 0.150. The summed E-state index contributed by atoms with van der Waals surface area (Å²) in [6, 6.07) is 14.0. The number of hydrogen-bond donors (Lipinski definition) is 0. The predicted molar refractivity (Wildman–Crippen MR) is 97.1 cm³/mol. The Balaban J connectivity index is 1.58. The van der Waals surface area contributed by atoms with Crippen LogP contribution in [-0.2, 0) is 17.5 Å². The first-order chi connectivity index (χ1) is 13.9. The van der Waals surface area contributed by atoms with Crippen molar-refractivity contribution < 1.29 is 27.2 Å². The molecule has 0 N–H and O–H groups in total. The van der Waals surface area contributed by atoms with Gasteiger partial charge in [-0.05, 0) is 23.8 Å². The van der Waals surface area contributed by atoms with Crippen molar-refractivity contribution in [1.82, 2.24) is 14.7 Å². The van der Waals surface area contributed by atoms with Crippen molar-refractivity contribution in [2.45, 2.75) is 12.7 Å². The van der Waals surface area contributed by atoms with Gasteiger partial charge in [0.05, 0.1) is 12.7 Å². The number of benzene rings is 2. The topological polar surface area (TPSA) is 70.2 Å². The highest BCUT2D eigenvalue weighted by molar-refractivity contribution is 6.03. The quantitative estimate of drug-likeness (QED) is 0.470. The molecule has 0 radical (unpaired) electrons. The maximum absolute atomic E-state index is 12.6. The summed E-state index contributed by atoms with van der Waals surface area (Å²) >= 11 is 0. The average molecular weight is 401 g/mol. The Morgan fingerprint density at radius 1 is 1.14 bits per heavy atom. The standard InChI is InChI=1S/C20H14F3N3O3/c1-28-18(27)15-3-2-4-16-14(15)9-10-26(16)11-12-5-7-13(8-6-12)17-24-19(29-25-17)20(21,22)23/h2-10H,11H2,1H3. The lowest BCUT2D eigenvalue weighted by Gasteiger charge is -2.07. The zero-order valence-corrected chi connectivity index (χ0v) is 15.1. The van der Waals surface area contributed by atoms with Crippen LogP contribution in [0.4, 0.5) is 13.2 Å². The Morgan fingerprint density at radius 2 is 1.90 bits per heavy atom. The number of carbonyl (C=O) groups is 1. The second kappa shape index (κ2) is 7.08. The third kappa shape index (κ3) is 3.58. The third-order valence-corrected chi connectivity index (χ3v) is 4.45. The van der Waals surface area contributed by atoms with Gasteiger partial charge in [0.25, 0.3) is 0 Å². The summed E-state index contributed by atoms with van der Waals surface area (Å²) in [6.07, 6.45) is -2.82. The van der Waals surface area contributed by atoms with Gasteiger partial charge in [-0.15, -0.1) is 0 Å². The van der Waals surface area contributed by atoms with Crippen LogP contribution in [0.3, 0.4) is 0 Å². The van der Waals surface area contributed by atoms with Crippen LogP contribution in [0, 0.1) is 0 Å². The van der Waals surface area contributed by atoms with E-state index in [1.54, 1.807) is 36.4 Å². The molecule has 2 heterocycles. The number of alkyl halides is 3. The zero-order valence-electron chi connectivity index (χ0n) is 15.1. The molecule has 0 saturated heterocycles. The molecular formula is C20H14F3N3O3. The molecule has 0 spiro atoms. The molecule has 4 aromatic rings. The summed E-state index contributed by atoms with van der Waals surface area (Å²) in [5, 5.41) is 4.16. The van der Waals surface area contributed by atoms with Crippen LogP contribution >= 0.6 is 0 Å². The fourth-order valence-electron chi connectivity index (χ4n) is 3.06. The Morgan fingerprint density at radius 3 is 2.55 bits per heavy atom. The second-order valence-corrected chi connectivity index (χ2v) is 6.29. The summed E-state index contributed by atoms with van der Waals surface area (Å²) in [7, 11) is 1.33. The van der Waals surface area contributed by atoms with E-state index in [4.69, 9.17) is 4.74 Å². The van der Waals surface area contributed by atoms with Crippen LogP contribution in [0.2, 0.25) is 0 Å². The van der Waals surface area contributed by atoms with Gasteiger partial charge in [-0.3, -0.25) is 0 Å². The van der Waals surface area contributed by atoms with Crippen LogP contribution < -0.4 is 0 Å². The van der Waals surface area contributed by atoms with E-state index in [-0.39, 0.29) is 5.82 Å². The van der Waals surface area contributed by atoms with Gasteiger partial charge in [-0.25, -0.2) is 4.79 Å². The minimum Gasteiger partial charge on any atom is -0.465 e. The lowest BCUT2D eigenvalue weighted by molar-refractivity contribution is -0.159. The molecule has 148 valence electrons. The van der Waals surface area contributed by atoms with E-state index in [9.17, 15) is 18.0 Å². The number of halogens is 3. The van der Waals surface area contributed by atoms with Gasteiger partial charge >= 0.3 is 18.0 Å². The Hall–Kier alpha value is -3.62. The molecule has 0 aliphatic heterocycles. The third-order valence-electron chi connectivity index (χ3n) is 4.45. The van der Waals surface area contributed by atoms with E-state index in [1.807, 2.05) is 22.9 Å². The number of ether oxygens (including phenoxy) is 1. The van der Waals surface area contributed by atoms with Crippen LogP contribution in [0.1, 0.15) is 21.8 Å². The maximum atomic E-state index is 12.6. The molecule has 0 unspecified atom stereocenters. The van der Waals surface area contributed by atoms with Gasteiger partial charge in [0.1, 0.15) is 0 Å². The van der Waals surface area contributed by atoms with Crippen molar-refractivity contribution in [2.24, 2.45) is 0 Å². The lowest BCUT2D eigenvalue weighted by atomic mass is 10.1. The first-order valence-electron chi connectivity index (χ1n) is 8.53. The fourth-order valence-corrected chi connectivity index (χ4v) is 3.06. The lowest BCUT2D eigenvalue weighted by Crippen LogP contribution is -2.04. The number of rotatable bonds is 4. The van der Waals surface area contributed by atoms with Gasteiger partial charge in [0, 0.05) is 29.2 Å².